The molecule has 2 heterocycles. The minimum Gasteiger partial charge on any atom is -0.384 e. The van der Waals surface area contributed by atoms with Crippen LogP contribution in [0.3, 0.4) is 0 Å². The number of nitrogens with one attached hydrogen (secondary N) is 1. The summed E-state index contributed by atoms with van der Waals surface area (Å²) in [6.07, 6.45) is 4.77. The monoisotopic (exact) mass is 228 g/mol. The van der Waals surface area contributed by atoms with Crippen molar-refractivity contribution in [2.45, 2.75) is 6.92 Å². The molecular weight excluding hydrogens is 216 g/mol. The molecule has 0 saturated carbocycles. The Kier molecular flexibility index (Phi) is 3.00. The maximum atomic E-state index is 11.9. The smallest absolute Gasteiger partial charge is 0.257 e. The largest absolute Gasteiger partial charge is 0.384 e. The van der Waals surface area contributed by atoms with Crippen molar-refractivity contribution in [3.05, 3.63) is 47.9 Å². The molecular formula is C12H12N4O. The predicted molar refractivity (Wildman–Crippen MR) is 65.6 cm³/mol. The molecule has 0 aliphatic carbocycles. The Hall–Kier alpha value is -2.43. The first-order chi connectivity index (χ1) is 8.16. The van der Waals surface area contributed by atoms with Crippen molar-refractivity contribution < 1.29 is 4.79 Å². The molecule has 2 aromatic rings. The molecule has 5 nitrogen and oxygen atoms in total. The van der Waals surface area contributed by atoms with Gasteiger partial charge in [-0.1, -0.05) is 0 Å². The summed E-state index contributed by atoms with van der Waals surface area (Å²) < 4.78 is 0. The molecule has 0 radical (unpaired) electrons. The van der Waals surface area contributed by atoms with Crippen molar-refractivity contribution in [2.75, 3.05) is 11.1 Å². The fourth-order valence-corrected chi connectivity index (χ4v) is 1.35. The van der Waals surface area contributed by atoms with Gasteiger partial charge in [0.1, 0.15) is 5.82 Å². The predicted octanol–water partition coefficient (Wildman–Crippen LogP) is 1.62. The number of amides is 1. The second-order valence-corrected chi connectivity index (χ2v) is 3.62. The lowest BCUT2D eigenvalue weighted by Gasteiger charge is -2.07. The molecule has 0 spiro atoms. The highest BCUT2D eigenvalue weighted by Gasteiger charge is 2.07. The number of rotatable bonds is 2. The fraction of sp³-hybridized carbons (Fsp3) is 0.0833. The van der Waals surface area contributed by atoms with Crippen LogP contribution in [0.25, 0.3) is 0 Å². The number of carbonyl (C=O) groups is 1. The van der Waals surface area contributed by atoms with E-state index in [0.717, 1.165) is 11.3 Å². The van der Waals surface area contributed by atoms with E-state index in [9.17, 15) is 4.79 Å². The summed E-state index contributed by atoms with van der Waals surface area (Å²) in [6.45, 7) is 1.88. The summed E-state index contributed by atoms with van der Waals surface area (Å²) in [5.41, 5.74) is 7.56. The van der Waals surface area contributed by atoms with Gasteiger partial charge in [-0.3, -0.25) is 9.78 Å². The maximum Gasteiger partial charge on any atom is 0.257 e. The van der Waals surface area contributed by atoms with Crippen LogP contribution in [-0.2, 0) is 0 Å². The van der Waals surface area contributed by atoms with E-state index in [1.54, 1.807) is 30.6 Å². The summed E-state index contributed by atoms with van der Waals surface area (Å²) in [7, 11) is 0. The molecule has 2 rings (SSSR count). The van der Waals surface area contributed by atoms with E-state index < -0.39 is 0 Å². The number of hydrogen-bond acceptors (Lipinski definition) is 4. The molecule has 0 unspecified atom stereocenters. The van der Waals surface area contributed by atoms with Crippen molar-refractivity contribution in [3.63, 3.8) is 0 Å². The van der Waals surface area contributed by atoms with Gasteiger partial charge < -0.3 is 11.1 Å². The summed E-state index contributed by atoms with van der Waals surface area (Å²) >= 11 is 0. The summed E-state index contributed by atoms with van der Waals surface area (Å²) in [5.74, 6) is 0.174. The number of aromatic nitrogens is 2. The highest BCUT2D eigenvalue weighted by atomic mass is 16.1. The number of aryl methyl sites for hydroxylation is 1. The molecule has 0 saturated heterocycles. The van der Waals surface area contributed by atoms with Crippen LogP contribution in [0.15, 0.2) is 36.8 Å². The van der Waals surface area contributed by atoms with Crippen LogP contribution < -0.4 is 11.1 Å². The first-order valence-electron chi connectivity index (χ1n) is 5.10. The van der Waals surface area contributed by atoms with Gasteiger partial charge in [0.25, 0.3) is 5.91 Å². The van der Waals surface area contributed by atoms with E-state index in [-0.39, 0.29) is 5.91 Å². The SMILES string of the molecule is Cc1cnccc1NC(=O)c1ccc(N)nc1. The molecule has 0 atom stereocenters. The number of hydrogen-bond donors (Lipinski definition) is 2. The lowest BCUT2D eigenvalue weighted by atomic mass is 10.2. The number of nitrogen functional groups attached to an aromatic ring is 1. The van der Waals surface area contributed by atoms with E-state index in [0.29, 0.717) is 11.4 Å². The third kappa shape index (κ3) is 2.57. The molecule has 1 amide bonds. The van der Waals surface area contributed by atoms with E-state index in [4.69, 9.17) is 5.73 Å². The van der Waals surface area contributed by atoms with Crippen LogP contribution in [0.1, 0.15) is 15.9 Å². The molecule has 0 aliphatic rings. The highest BCUT2D eigenvalue weighted by Crippen LogP contribution is 2.13. The molecule has 0 bridgehead atoms. The van der Waals surface area contributed by atoms with Crippen LogP contribution >= 0.6 is 0 Å². The third-order valence-electron chi connectivity index (χ3n) is 2.32. The minimum absolute atomic E-state index is 0.216. The molecule has 0 fully saturated rings. The van der Waals surface area contributed by atoms with Crippen LogP contribution in [0.5, 0.6) is 0 Å². The van der Waals surface area contributed by atoms with E-state index in [2.05, 4.69) is 15.3 Å². The second-order valence-electron chi connectivity index (χ2n) is 3.62. The first kappa shape index (κ1) is 11.1. The Labute approximate surface area is 98.7 Å². The molecule has 5 heteroatoms. The van der Waals surface area contributed by atoms with Crippen molar-refractivity contribution in [1.29, 1.82) is 0 Å². The topological polar surface area (TPSA) is 80.9 Å². The third-order valence-corrected chi connectivity index (χ3v) is 2.32. The van der Waals surface area contributed by atoms with Gasteiger partial charge in [0.2, 0.25) is 0 Å². The molecule has 86 valence electrons. The van der Waals surface area contributed by atoms with Gasteiger partial charge in [0, 0.05) is 24.3 Å². The van der Waals surface area contributed by atoms with Crippen molar-refractivity contribution in [2.24, 2.45) is 0 Å². The molecule has 3 N–H and O–H groups in total. The first-order valence-corrected chi connectivity index (χ1v) is 5.10. The Balaban J connectivity index is 2.17. The Bertz CT molecular complexity index is 536. The number of pyridine rings is 2. The second kappa shape index (κ2) is 4.61. The Morgan fingerprint density at radius 3 is 2.76 bits per heavy atom. The van der Waals surface area contributed by atoms with Crippen LogP contribution in [0.4, 0.5) is 11.5 Å². The van der Waals surface area contributed by atoms with Gasteiger partial charge in [-0.2, -0.15) is 0 Å². The standard InChI is InChI=1S/C12H12N4O/c1-8-6-14-5-4-10(8)16-12(17)9-2-3-11(13)15-7-9/h2-7H,1H3,(H2,13,15)(H,14,16,17). The number of carbonyl (C=O) groups excluding carboxylic acids is 1. The Morgan fingerprint density at radius 1 is 1.29 bits per heavy atom. The minimum atomic E-state index is -0.216. The molecule has 2 aromatic heterocycles. The van der Waals surface area contributed by atoms with Gasteiger partial charge in [0.05, 0.1) is 5.56 Å². The number of nitrogens with two attached hydrogens (primary N) is 1. The number of nitrogens with zero attached hydrogens (tertiary/aromatic N) is 2. The van der Waals surface area contributed by atoms with E-state index in [1.807, 2.05) is 6.92 Å². The molecule has 0 aliphatic heterocycles. The van der Waals surface area contributed by atoms with Crippen molar-refractivity contribution in [1.82, 2.24) is 9.97 Å². The van der Waals surface area contributed by atoms with Crippen LogP contribution in [-0.4, -0.2) is 15.9 Å². The zero-order valence-corrected chi connectivity index (χ0v) is 9.34. The fourth-order valence-electron chi connectivity index (χ4n) is 1.35. The van der Waals surface area contributed by atoms with E-state index in [1.165, 1.54) is 6.20 Å². The summed E-state index contributed by atoms with van der Waals surface area (Å²) in [6, 6.07) is 4.97. The summed E-state index contributed by atoms with van der Waals surface area (Å²) in [5, 5.41) is 2.79. The summed E-state index contributed by atoms with van der Waals surface area (Å²) in [4.78, 5) is 19.7. The zero-order valence-electron chi connectivity index (χ0n) is 9.34. The van der Waals surface area contributed by atoms with Gasteiger partial charge in [-0.15, -0.1) is 0 Å². The van der Waals surface area contributed by atoms with E-state index >= 15 is 0 Å². The quantitative estimate of drug-likeness (QED) is 0.818. The molecule has 0 aromatic carbocycles. The normalized spacial score (nSPS) is 9.94. The lowest BCUT2D eigenvalue weighted by Crippen LogP contribution is -2.13. The van der Waals surface area contributed by atoms with Crippen LogP contribution in [0.2, 0.25) is 0 Å². The Morgan fingerprint density at radius 2 is 2.12 bits per heavy atom. The lowest BCUT2D eigenvalue weighted by molar-refractivity contribution is 0.102. The van der Waals surface area contributed by atoms with Gasteiger partial charge >= 0.3 is 0 Å². The van der Waals surface area contributed by atoms with Gasteiger partial charge in [-0.05, 0) is 30.7 Å². The zero-order chi connectivity index (χ0) is 12.3. The average molecular weight is 228 g/mol. The van der Waals surface area contributed by atoms with Crippen LogP contribution in [0, 0.1) is 6.92 Å². The average Bonchev–Trinajstić information content (AvgIpc) is 2.33. The van der Waals surface area contributed by atoms with Crippen molar-refractivity contribution in [3.8, 4) is 0 Å². The van der Waals surface area contributed by atoms with Gasteiger partial charge in [-0.25, -0.2) is 4.98 Å². The maximum absolute atomic E-state index is 11.9. The highest BCUT2D eigenvalue weighted by molar-refractivity contribution is 6.04. The van der Waals surface area contributed by atoms with Crippen molar-refractivity contribution >= 4 is 17.4 Å². The van der Waals surface area contributed by atoms with Gasteiger partial charge in [0.15, 0.2) is 0 Å². The number of anilines is 2. The molecule has 17 heavy (non-hydrogen) atoms.